The number of halogens is 1. The highest BCUT2D eigenvalue weighted by atomic mass is 32.1. The van der Waals surface area contributed by atoms with Gasteiger partial charge < -0.3 is 15.0 Å². The highest BCUT2D eigenvalue weighted by Gasteiger charge is 2.31. The molecule has 0 fully saturated rings. The number of carbonyl (C=O) groups is 1. The fourth-order valence-corrected chi connectivity index (χ4v) is 3.86. The molecule has 0 saturated carbocycles. The third-order valence-electron chi connectivity index (χ3n) is 4.99. The number of ether oxygens (including phenoxy) is 1. The van der Waals surface area contributed by atoms with E-state index in [2.05, 4.69) is 12.2 Å². The Morgan fingerprint density at radius 1 is 1.21 bits per heavy atom. The molecule has 6 heteroatoms. The van der Waals surface area contributed by atoms with Crippen LogP contribution < -0.4 is 10.1 Å². The Labute approximate surface area is 176 Å². The lowest BCUT2D eigenvalue weighted by molar-refractivity contribution is -0.114. The first kappa shape index (κ1) is 21.0. The molecule has 0 aliphatic carbocycles. The van der Waals surface area contributed by atoms with E-state index in [1.165, 1.54) is 6.07 Å². The van der Waals surface area contributed by atoms with Gasteiger partial charge in [0, 0.05) is 23.4 Å². The standard InChI is InChI=1S/C23H25FN2O2S/c1-4-13-26-15(2)21(16(3)27)22(25-23(26)29)17-9-11-19(12-10-17)28-14-18-7-5-6-8-20(18)24/h5-12,22H,4,13-14H2,1-3H3,(H,25,29). The largest absolute Gasteiger partial charge is 0.489 e. The van der Waals surface area contributed by atoms with Gasteiger partial charge in [-0.15, -0.1) is 0 Å². The number of hydrogen-bond donors (Lipinski definition) is 1. The van der Waals surface area contributed by atoms with E-state index >= 15 is 0 Å². The van der Waals surface area contributed by atoms with Gasteiger partial charge in [0.25, 0.3) is 0 Å². The number of rotatable bonds is 7. The summed E-state index contributed by atoms with van der Waals surface area (Å²) < 4.78 is 19.4. The maximum Gasteiger partial charge on any atom is 0.173 e. The van der Waals surface area contributed by atoms with Crippen molar-refractivity contribution < 1.29 is 13.9 Å². The topological polar surface area (TPSA) is 41.6 Å². The number of ketones is 1. The van der Waals surface area contributed by atoms with Crippen molar-refractivity contribution >= 4 is 23.1 Å². The van der Waals surface area contributed by atoms with E-state index in [0.29, 0.717) is 22.0 Å². The van der Waals surface area contributed by atoms with Crippen molar-refractivity contribution in [1.29, 1.82) is 0 Å². The molecule has 0 aromatic heterocycles. The number of nitrogens with one attached hydrogen (secondary N) is 1. The summed E-state index contributed by atoms with van der Waals surface area (Å²) in [6, 6.07) is 13.7. The molecule has 3 rings (SSSR count). The predicted molar refractivity (Wildman–Crippen MR) is 116 cm³/mol. The van der Waals surface area contributed by atoms with Crippen LogP contribution in [0.25, 0.3) is 0 Å². The number of nitrogens with zero attached hydrogens (tertiary/aromatic N) is 1. The summed E-state index contributed by atoms with van der Waals surface area (Å²) >= 11 is 5.53. The second-order valence-electron chi connectivity index (χ2n) is 7.04. The Bertz CT molecular complexity index is 940. The summed E-state index contributed by atoms with van der Waals surface area (Å²) in [5.74, 6) is 0.365. The Morgan fingerprint density at radius 2 is 1.90 bits per heavy atom. The van der Waals surface area contributed by atoms with Crippen LogP contribution in [0.5, 0.6) is 5.75 Å². The Hall–Kier alpha value is -2.73. The number of carbonyl (C=O) groups excluding carboxylic acids is 1. The highest BCUT2D eigenvalue weighted by molar-refractivity contribution is 7.80. The number of allylic oxidation sites excluding steroid dienone is 1. The highest BCUT2D eigenvalue weighted by Crippen LogP contribution is 2.32. The van der Waals surface area contributed by atoms with Gasteiger partial charge in [-0.1, -0.05) is 37.3 Å². The van der Waals surface area contributed by atoms with Crippen LogP contribution in [0.4, 0.5) is 4.39 Å². The molecule has 0 spiro atoms. The van der Waals surface area contributed by atoms with Crippen molar-refractivity contribution in [3.05, 3.63) is 76.7 Å². The molecule has 152 valence electrons. The zero-order valence-electron chi connectivity index (χ0n) is 16.9. The molecule has 1 atom stereocenters. The molecule has 4 nitrogen and oxygen atoms in total. The van der Waals surface area contributed by atoms with Gasteiger partial charge in [-0.25, -0.2) is 4.39 Å². The van der Waals surface area contributed by atoms with Crippen molar-refractivity contribution in [3.8, 4) is 5.75 Å². The third-order valence-corrected chi connectivity index (χ3v) is 5.33. The fraction of sp³-hybridized carbons (Fsp3) is 0.304. The molecule has 1 N–H and O–H groups in total. The monoisotopic (exact) mass is 412 g/mol. The summed E-state index contributed by atoms with van der Waals surface area (Å²) in [5.41, 5.74) is 3.04. The maximum atomic E-state index is 13.7. The molecule has 2 aromatic carbocycles. The van der Waals surface area contributed by atoms with Gasteiger partial charge in [-0.2, -0.15) is 0 Å². The fourth-order valence-electron chi connectivity index (χ4n) is 3.51. The lowest BCUT2D eigenvalue weighted by Crippen LogP contribution is -2.47. The normalized spacial score (nSPS) is 16.6. The van der Waals surface area contributed by atoms with Gasteiger partial charge in [0.1, 0.15) is 18.2 Å². The van der Waals surface area contributed by atoms with E-state index in [1.807, 2.05) is 36.1 Å². The first-order chi connectivity index (χ1) is 13.9. The Kier molecular flexibility index (Phi) is 6.64. The van der Waals surface area contributed by atoms with E-state index in [4.69, 9.17) is 17.0 Å². The second-order valence-corrected chi connectivity index (χ2v) is 7.43. The SMILES string of the molecule is CCCN1C(=S)NC(c2ccc(OCc3ccccc3F)cc2)C(C(C)=O)=C1C. The minimum absolute atomic E-state index is 0.0171. The third kappa shape index (κ3) is 4.65. The molecule has 1 aliphatic heterocycles. The van der Waals surface area contributed by atoms with Gasteiger partial charge in [-0.05, 0) is 56.2 Å². The lowest BCUT2D eigenvalue weighted by atomic mass is 9.92. The van der Waals surface area contributed by atoms with Crippen molar-refractivity contribution in [1.82, 2.24) is 10.2 Å². The van der Waals surface area contributed by atoms with Gasteiger partial charge >= 0.3 is 0 Å². The number of hydrogen-bond acceptors (Lipinski definition) is 3. The molecular formula is C23H25FN2O2S. The van der Waals surface area contributed by atoms with Crippen LogP contribution in [-0.4, -0.2) is 22.3 Å². The summed E-state index contributed by atoms with van der Waals surface area (Å²) in [4.78, 5) is 14.4. The summed E-state index contributed by atoms with van der Waals surface area (Å²) in [5, 5.41) is 3.93. The van der Waals surface area contributed by atoms with Gasteiger partial charge in [0.15, 0.2) is 10.9 Å². The molecule has 29 heavy (non-hydrogen) atoms. The molecule has 2 aromatic rings. The Balaban J connectivity index is 1.80. The number of thiocarbonyl (C=S) groups is 1. The Morgan fingerprint density at radius 3 is 2.52 bits per heavy atom. The van der Waals surface area contributed by atoms with Gasteiger partial charge in [-0.3, -0.25) is 4.79 Å². The summed E-state index contributed by atoms with van der Waals surface area (Å²) in [6.07, 6.45) is 0.934. The predicted octanol–water partition coefficient (Wildman–Crippen LogP) is 4.91. The summed E-state index contributed by atoms with van der Waals surface area (Å²) in [6.45, 7) is 6.53. The van der Waals surface area contributed by atoms with E-state index in [0.717, 1.165) is 24.2 Å². The first-order valence-corrected chi connectivity index (χ1v) is 10.1. The van der Waals surface area contributed by atoms with Crippen LogP contribution in [0.15, 0.2) is 59.8 Å². The zero-order chi connectivity index (χ0) is 21.0. The van der Waals surface area contributed by atoms with Gasteiger partial charge in [0.05, 0.1) is 6.04 Å². The molecule has 0 amide bonds. The van der Waals surface area contributed by atoms with Crippen LogP contribution in [0.2, 0.25) is 0 Å². The average molecular weight is 413 g/mol. The number of Topliss-reactive ketones (excluding diaryl/α,β-unsaturated/α-hetero) is 1. The molecule has 1 aliphatic rings. The summed E-state index contributed by atoms with van der Waals surface area (Å²) in [7, 11) is 0. The molecule has 0 bridgehead atoms. The smallest absolute Gasteiger partial charge is 0.173 e. The van der Waals surface area contributed by atoms with Crippen molar-refractivity contribution in [3.63, 3.8) is 0 Å². The quantitative estimate of drug-likeness (QED) is 0.655. The second kappa shape index (κ2) is 9.18. The van der Waals surface area contributed by atoms with Crippen molar-refractivity contribution in [2.45, 2.75) is 39.8 Å². The zero-order valence-corrected chi connectivity index (χ0v) is 17.7. The first-order valence-electron chi connectivity index (χ1n) is 9.68. The molecule has 0 saturated heterocycles. The minimum Gasteiger partial charge on any atom is -0.489 e. The van der Waals surface area contributed by atoms with Gasteiger partial charge in [0.2, 0.25) is 0 Å². The van der Waals surface area contributed by atoms with Crippen LogP contribution in [0.3, 0.4) is 0 Å². The molecule has 1 unspecified atom stereocenters. The number of benzene rings is 2. The van der Waals surface area contributed by atoms with Crippen LogP contribution in [0, 0.1) is 5.82 Å². The molecule has 1 heterocycles. The molecular weight excluding hydrogens is 387 g/mol. The maximum absolute atomic E-state index is 13.7. The average Bonchev–Trinajstić information content (AvgIpc) is 2.70. The van der Waals surface area contributed by atoms with Crippen LogP contribution in [-0.2, 0) is 11.4 Å². The van der Waals surface area contributed by atoms with Crippen molar-refractivity contribution in [2.24, 2.45) is 0 Å². The van der Waals surface area contributed by atoms with Crippen molar-refractivity contribution in [2.75, 3.05) is 6.54 Å². The van der Waals surface area contributed by atoms with E-state index in [9.17, 15) is 9.18 Å². The van der Waals surface area contributed by atoms with E-state index < -0.39 is 0 Å². The lowest BCUT2D eigenvalue weighted by Gasteiger charge is -2.37. The molecule has 0 radical (unpaired) electrons. The minimum atomic E-state index is -0.297. The van der Waals surface area contributed by atoms with E-state index in [1.54, 1.807) is 25.1 Å². The van der Waals surface area contributed by atoms with Crippen LogP contribution >= 0.6 is 12.2 Å². The van der Waals surface area contributed by atoms with Crippen LogP contribution in [0.1, 0.15) is 44.4 Å². The van der Waals surface area contributed by atoms with E-state index in [-0.39, 0.29) is 24.2 Å².